The SMILES string of the molecule is Cc1ccccc1C(=O)NC1CCN(C(=O)Cn2nc(-c3ccccc3)ccc2=O)CC1. The molecule has 2 heterocycles. The van der Waals surface area contributed by atoms with Gasteiger partial charge in [-0.1, -0.05) is 48.5 Å². The van der Waals surface area contributed by atoms with Crippen molar-refractivity contribution in [1.29, 1.82) is 0 Å². The molecule has 0 unspecified atom stereocenters. The molecular weight excluding hydrogens is 404 g/mol. The Bertz CT molecular complexity index is 1170. The van der Waals surface area contributed by atoms with Gasteiger partial charge < -0.3 is 10.2 Å². The molecule has 2 amide bonds. The molecule has 164 valence electrons. The van der Waals surface area contributed by atoms with Gasteiger partial charge >= 0.3 is 0 Å². The molecule has 1 fully saturated rings. The molecule has 3 aromatic rings. The van der Waals surface area contributed by atoms with Crippen LogP contribution in [0.25, 0.3) is 11.3 Å². The molecule has 0 atom stereocenters. The lowest BCUT2D eigenvalue weighted by Crippen LogP contribution is -2.48. The molecule has 1 aromatic heterocycles. The van der Waals surface area contributed by atoms with Crippen molar-refractivity contribution in [2.45, 2.75) is 32.4 Å². The molecule has 7 nitrogen and oxygen atoms in total. The van der Waals surface area contributed by atoms with Crippen LogP contribution in [-0.2, 0) is 11.3 Å². The number of aromatic nitrogens is 2. The van der Waals surface area contributed by atoms with Crippen LogP contribution in [0.15, 0.2) is 71.5 Å². The van der Waals surface area contributed by atoms with Gasteiger partial charge in [-0.2, -0.15) is 5.10 Å². The molecule has 32 heavy (non-hydrogen) atoms. The highest BCUT2D eigenvalue weighted by molar-refractivity contribution is 5.95. The number of likely N-dealkylation sites (tertiary alicyclic amines) is 1. The Hall–Kier alpha value is -3.74. The number of hydrogen-bond acceptors (Lipinski definition) is 4. The van der Waals surface area contributed by atoms with E-state index in [1.165, 1.54) is 10.7 Å². The van der Waals surface area contributed by atoms with E-state index in [-0.39, 0.29) is 30.0 Å². The van der Waals surface area contributed by atoms with Gasteiger partial charge in [-0.15, -0.1) is 0 Å². The van der Waals surface area contributed by atoms with Crippen molar-refractivity contribution in [2.75, 3.05) is 13.1 Å². The number of benzene rings is 2. The Kier molecular flexibility index (Phi) is 6.44. The van der Waals surface area contributed by atoms with Gasteiger partial charge in [-0.3, -0.25) is 14.4 Å². The van der Waals surface area contributed by atoms with Gasteiger partial charge in [0.25, 0.3) is 11.5 Å². The van der Waals surface area contributed by atoms with Gasteiger partial charge in [0.05, 0.1) is 5.69 Å². The molecule has 2 aromatic carbocycles. The van der Waals surface area contributed by atoms with Crippen LogP contribution in [0.3, 0.4) is 0 Å². The first-order chi connectivity index (χ1) is 15.5. The molecule has 0 bridgehead atoms. The van der Waals surface area contributed by atoms with Crippen LogP contribution in [0.4, 0.5) is 0 Å². The molecular formula is C25H26N4O3. The summed E-state index contributed by atoms with van der Waals surface area (Å²) in [6, 6.07) is 20.2. The quantitative estimate of drug-likeness (QED) is 0.675. The van der Waals surface area contributed by atoms with Gasteiger partial charge in [-0.25, -0.2) is 4.68 Å². The number of nitrogens with zero attached hydrogens (tertiary/aromatic N) is 3. The average molecular weight is 431 g/mol. The second-order valence-electron chi connectivity index (χ2n) is 8.02. The van der Waals surface area contributed by atoms with E-state index in [2.05, 4.69) is 10.4 Å². The minimum Gasteiger partial charge on any atom is -0.349 e. The number of carbonyl (C=O) groups is 2. The molecule has 0 radical (unpaired) electrons. The van der Waals surface area contributed by atoms with Crippen molar-refractivity contribution in [2.24, 2.45) is 0 Å². The lowest BCUT2D eigenvalue weighted by molar-refractivity contribution is -0.133. The van der Waals surface area contributed by atoms with E-state index in [0.29, 0.717) is 37.2 Å². The van der Waals surface area contributed by atoms with Gasteiger partial charge in [0.1, 0.15) is 6.54 Å². The Morgan fingerprint density at radius 2 is 1.66 bits per heavy atom. The van der Waals surface area contributed by atoms with E-state index in [1.807, 2.05) is 61.5 Å². The number of piperidine rings is 1. The maximum atomic E-state index is 12.8. The fourth-order valence-electron chi connectivity index (χ4n) is 3.92. The maximum Gasteiger partial charge on any atom is 0.267 e. The molecule has 1 aliphatic rings. The first-order valence-corrected chi connectivity index (χ1v) is 10.8. The zero-order valence-corrected chi connectivity index (χ0v) is 18.0. The summed E-state index contributed by atoms with van der Waals surface area (Å²) in [6.07, 6.45) is 1.35. The summed E-state index contributed by atoms with van der Waals surface area (Å²) in [7, 11) is 0. The molecule has 1 aliphatic heterocycles. The molecule has 1 N–H and O–H groups in total. The average Bonchev–Trinajstić information content (AvgIpc) is 2.81. The van der Waals surface area contributed by atoms with Crippen LogP contribution in [0.2, 0.25) is 0 Å². The highest BCUT2D eigenvalue weighted by Gasteiger charge is 2.25. The van der Waals surface area contributed by atoms with E-state index >= 15 is 0 Å². The number of aryl methyl sites for hydroxylation is 1. The van der Waals surface area contributed by atoms with Gasteiger partial charge in [-0.05, 0) is 37.5 Å². The van der Waals surface area contributed by atoms with Crippen LogP contribution in [-0.4, -0.2) is 45.6 Å². The number of nitrogens with one attached hydrogen (secondary N) is 1. The largest absolute Gasteiger partial charge is 0.349 e. The molecule has 4 rings (SSSR count). The van der Waals surface area contributed by atoms with Crippen LogP contribution in [0.1, 0.15) is 28.8 Å². The second-order valence-corrected chi connectivity index (χ2v) is 8.02. The predicted molar refractivity (Wildman–Crippen MR) is 122 cm³/mol. The van der Waals surface area contributed by atoms with E-state index in [9.17, 15) is 14.4 Å². The zero-order valence-electron chi connectivity index (χ0n) is 18.0. The number of amides is 2. The summed E-state index contributed by atoms with van der Waals surface area (Å²) in [5.41, 5.74) is 2.84. The minimum absolute atomic E-state index is 0.0217. The van der Waals surface area contributed by atoms with Crippen molar-refractivity contribution >= 4 is 11.8 Å². The Morgan fingerprint density at radius 3 is 2.38 bits per heavy atom. The molecule has 0 saturated carbocycles. The van der Waals surface area contributed by atoms with Gasteiger partial charge in [0, 0.05) is 36.3 Å². The molecule has 0 spiro atoms. The maximum absolute atomic E-state index is 12.8. The first-order valence-electron chi connectivity index (χ1n) is 10.8. The predicted octanol–water partition coefficient (Wildman–Crippen LogP) is 2.64. The zero-order chi connectivity index (χ0) is 22.5. The highest BCUT2D eigenvalue weighted by Crippen LogP contribution is 2.15. The highest BCUT2D eigenvalue weighted by atomic mass is 16.2. The van der Waals surface area contributed by atoms with E-state index in [4.69, 9.17) is 0 Å². The number of hydrogen-bond donors (Lipinski definition) is 1. The third-order valence-electron chi connectivity index (χ3n) is 5.79. The second kappa shape index (κ2) is 9.60. The monoisotopic (exact) mass is 430 g/mol. The van der Waals surface area contributed by atoms with E-state index < -0.39 is 0 Å². The van der Waals surface area contributed by atoms with E-state index in [1.54, 1.807) is 11.0 Å². The Labute approximate surface area is 186 Å². The fraction of sp³-hybridized carbons (Fsp3) is 0.280. The number of rotatable bonds is 5. The lowest BCUT2D eigenvalue weighted by Gasteiger charge is -2.32. The van der Waals surface area contributed by atoms with E-state index in [0.717, 1.165) is 11.1 Å². The molecule has 7 heteroatoms. The van der Waals surface area contributed by atoms with Gasteiger partial charge in [0.15, 0.2) is 0 Å². The van der Waals surface area contributed by atoms with Crippen molar-refractivity contribution in [3.05, 3.63) is 88.2 Å². The Balaban J connectivity index is 1.35. The summed E-state index contributed by atoms with van der Waals surface area (Å²) in [4.78, 5) is 39.3. The summed E-state index contributed by atoms with van der Waals surface area (Å²) < 4.78 is 1.22. The summed E-state index contributed by atoms with van der Waals surface area (Å²) in [5, 5.41) is 7.45. The van der Waals surface area contributed by atoms with Crippen LogP contribution in [0, 0.1) is 6.92 Å². The fourth-order valence-corrected chi connectivity index (χ4v) is 3.92. The van der Waals surface area contributed by atoms with Gasteiger partial charge in [0.2, 0.25) is 5.91 Å². The third kappa shape index (κ3) is 4.94. The van der Waals surface area contributed by atoms with Crippen molar-refractivity contribution in [3.63, 3.8) is 0 Å². The smallest absolute Gasteiger partial charge is 0.267 e. The number of carbonyl (C=O) groups excluding carboxylic acids is 2. The summed E-state index contributed by atoms with van der Waals surface area (Å²) >= 11 is 0. The third-order valence-corrected chi connectivity index (χ3v) is 5.79. The molecule has 0 aliphatic carbocycles. The summed E-state index contributed by atoms with van der Waals surface area (Å²) in [6.45, 7) is 2.88. The summed E-state index contributed by atoms with van der Waals surface area (Å²) in [5.74, 6) is -0.227. The van der Waals surface area contributed by atoms with Crippen molar-refractivity contribution in [1.82, 2.24) is 20.0 Å². The molecule has 1 saturated heterocycles. The normalized spacial score (nSPS) is 14.2. The minimum atomic E-state index is -0.307. The standard InChI is InChI=1S/C25H26N4O3/c1-18-7-5-6-10-21(18)25(32)26-20-13-15-28(16-14-20)24(31)17-29-23(30)12-11-22(27-29)19-8-3-2-4-9-19/h2-12,20H,13-17H2,1H3,(H,26,32). The van der Waals surface area contributed by atoms with Crippen molar-refractivity contribution < 1.29 is 9.59 Å². The topological polar surface area (TPSA) is 84.3 Å². The van der Waals surface area contributed by atoms with Crippen molar-refractivity contribution in [3.8, 4) is 11.3 Å². The van der Waals surface area contributed by atoms with Crippen LogP contribution < -0.4 is 10.9 Å². The Morgan fingerprint density at radius 1 is 0.969 bits per heavy atom. The van der Waals surface area contributed by atoms with Crippen LogP contribution in [0.5, 0.6) is 0 Å². The first kappa shape index (κ1) is 21.5. The van der Waals surface area contributed by atoms with Crippen LogP contribution >= 0.6 is 0 Å². The lowest BCUT2D eigenvalue weighted by atomic mass is 10.0.